The molecule has 0 aliphatic carbocycles. The van der Waals surface area contributed by atoms with E-state index in [9.17, 15) is 4.79 Å². The van der Waals surface area contributed by atoms with Gasteiger partial charge in [-0.15, -0.1) is 0 Å². The molecule has 0 aliphatic rings. The summed E-state index contributed by atoms with van der Waals surface area (Å²) in [6.45, 7) is 0. The largest absolute Gasteiger partial charge is 0.493 e. The first kappa shape index (κ1) is 19.1. The number of rotatable bonds is 7. The van der Waals surface area contributed by atoms with Crippen LogP contribution in [-0.2, 0) is 0 Å². The molecule has 6 nitrogen and oxygen atoms in total. The zero-order chi connectivity index (χ0) is 19.9. The van der Waals surface area contributed by atoms with E-state index >= 15 is 0 Å². The number of nitrogens with one attached hydrogen (secondary N) is 1. The van der Waals surface area contributed by atoms with Crippen molar-refractivity contribution in [1.29, 1.82) is 0 Å². The summed E-state index contributed by atoms with van der Waals surface area (Å²) in [6.07, 6.45) is 0. The number of ether oxygens (including phenoxy) is 4. The summed E-state index contributed by atoms with van der Waals surface area (Å²) in [6, 6.07) is 19.7. The van der Waals surface area contributed by atoms with Gasteiger partial charge in [0.2, 0.25) is 5.75 Å². The Hall–Kier alpha value is -3.67. The number of anilines is 1. The van der Waals surface area contributed by atoms with Gasteiger partial charge >= 0.3 is 0 Å². The SMILES string of the molecule is COc1cc(NC(=O)c2cccc(Oc3ccccc3)c2)cc(OC)c1OC. The molecule has 0 bridgehead atoms. The van der Waals surface area contributed by atoms with Crippen LogP contribution in [-0.4, -0.2) is 27.2 Å². The van der Waals surface area contributed by atoms with Crippen LogP contribution in [0.1, 0.15) is 10.4 Å². The fourth-order valence-corrected chi connectivity index (χ4v) is 2.68. The van der Waals surface area contributed by atoms with Crippen molar-refractivity contribution in [2.24, 2.45) is 0 Å². The van der Waals surface area contributed by atoms with Crippen LogP contribution in [0.4, 0.5) is 5.69 Å². The van der Waals surface area contributed by atoms with Crippen molar-refractivity contribution in [3.63, 3.8) is 0 Å². The Morgan fingerprint density at radius 3 is 2.00 bits per heavy atom. The molecule has 6 heteroatoms. The lowest BCUT2D eigenvalue weighted by Gasteiger charge is -2.15. The van der Waals surface area contributed by atoms with Gasteiger partial charge in [0.05, 0.1) is 21.3 Å². The summed E-state index contributed by atoms with van der Waals surface area (Å²) in [5.74, 6) is 2.36. The van der Waals surface area contributed by atoms with Crippen LogP contribution in [0.15, 0.2) is 66.7 Å². The highest BCUT2D eigenvalue weighted by atomic mass is 16.5. The first-order valence-corrected chi connectivity index (χ1v) is 8.59. The average molecular weight is 379 g/mol. The normalized spacial score (nSPS) is 10.1. The summed E-state index contributed by atoms with van der Waals surface area (Å²) in [4.78, 5) is 12.7. The van der Waals surface area contributed by atoms with E-state index in [0.717, 1.165) is 0 Å². The molecule has 3 aromatic carbocycles. The molecule has 3 rings (SSSR count). The Balaban J connectivity index is 1.81. The lowest BCUT2D eigenvalue weighted by molar-refractivity contribution is 0.102. The fraction of sp³-hybridized carbons (Fsp3) is 0.136. The number of para-hydroxylation sites is 1. The highest BCUT2D eigenvalue weighted by molar-refractivity contribution is 6.04. The van der Waals surface area contributed by atoms with Crippen LogP contribution in [0.3, 0.4) is 0 Å². The molecule has 144 valence electrons. The second kappa shape index (κ2) is 8.81. The van der Waals surface area contributed by atoms with Gasteiger partial charge < -0.3 is 24.3 Å². The molecule has 0 unspecified atom stereocenters. The number of benzene rings is 3. The van der Waals surface area contributed by atoms with E-state index in [1.807, 2.05) is 30.3 Å². The van der Waals surface area contributed by atoms with Gasteiger partial charge in [0.25, 0.3) is 5.91 Å². The minimum atomic E-state index is -0.284. The quantitative estimate of drug-likeness (QED) is 0.641. The summed E-state index contributed by atoms with van der Waals surface area (Å²) in [7, 11) is 4.57. The molecule has 0 saturated heterocycles. The van der Waals surface area contributed by atoms with E-state index in [-0.39, 0.29) is 5.91 Å². The number of carbonyl (C=O) groups is 1. The topological polar surface area (TPSA) is 66.0 Å². The first-order chi connectivity index (χ1) is 13.6. The Bertz CT molecular complexity index is 931. The number of hydrogen-bond acceptors (Lipinski definition) is 5. The Kier molecular flexibility index (Phi) is 6.01. The van der Waals surface area contributed by atoms with E-state index in [4.69, 9.17) is 18.9 Å². The molecule has 0 atom stereocenters. The first-order valence-electron chi connectivity index (χ1n) is 8.59. The van der Waals surface area contributed by atoms with Gasteiger partial charge in [-0.05, 0) is 30.3 Å². The third-order valence-corrected chi connectivity index (χ3v) is 4.00. The zero-order valence-electron chi connectivity index (χ0n) is 15.9. The minimum Gasteiger partial charge on any atom is -0.493 e. The molecule has 0 saturated carbocycles. The lowest BCUT2D eigenvalue weighted by atomic mass is 10.2. The van der Waals surface area contributed by atoms with E-state index in [0.29, 0.717) is 40.0 Å². The highest BCUT2D eigenvalue weighted by Crippen LogP contribution is 2.40. The maximum Gasteiger partial charge on any atom is 0.255 e. The van der Waals surface area contributed by atoms with Crippen LogP contribution < -0.4 is 24.3 Å². The van der Waals surface area contributed by atoms with Crippen molar-refractivity contribution in [1.82, 2.24) is 0 Å². The summed E-state index contributed by atoms with van der Waals surface area (Å²) < 4.78 is 21.7. The summed E-state index contributed by atoms with van der Waals surface area (Å²) in [5.41, 5.74) is 0.982. The molecule has 0 fully saturated rings. The maximum atomic E-state index is 12.7. The van der Waals surface area contributed by atoms with Crippen LogP contribution >= 0.6 is 0 Å². The Morgan fingerprint density at radius 2 is 1.39 bits per heavy atom. The van der Waals surface area contributed by atoms with E-state index in [1.54, 1.807) is 36.4 Å². The molecule has 1 amide bonds. The third-order valence-electron chi connectivity index (χ3n) is 4.00. The third kappa shape index (κ3) is 4.35. The van der Waals surface area contributed by atoms with Crippen LogP contribution in [0.25, 0.3) is 0 Å². The highest BCUT2D eigenvalue weighted by Gasteiger charge is 2.15. The number of hydrogen-bond donors (Lipinski definition) is 1. The number of methoxy groups -OCH3 is 3. The van der Waals surface area contributed by atoms with Crippen LogP contribution in [0, 0.1) is 0 Å². The van der Waals surface area contributed by atoms with Crippen LogP contribution in [0.5, 0.6) is 28.7 Å². The van der Waals surface area contributed by atoms with Gasteiger partial charge in [0, 0.05) is 23.4 Å². The molecule has 28 heavy (non-hydrogen) atoms. The predicted octanol–water partition coefficient (Wildman–Crippen LogP) is 4.76. The monoisotopic (exact) mass is 379 g/mol. The van der Waals surface area contributed by atoms with Crippen molar-refractivity contribution < 1.29 is 23.7 Å². The molecule has 0 aliphatic heterocycles. The maximum absolute atomic E-state index is 12.7. The smallest absolute Gasteiger partial charge is 0.255 e. The summed E-state index contributed by atoms with van der Waals surface area (Å²) in [5, 5.41) is 2.84. The van der Waals surface area contributed by atoms with Crippen molar-refractivity contribution in [3.8, 4) is 28.7 Å². The number of carbonyl (C=O) groups excluding carboxylic acids is 1. The van der Waals surface area contributed by atoms with Crippen molar-refractivity contribution in [2.75, 3.05) is 26.6 Å². The minimum absolute atomic E-state index is 0.284. The van der Waals surface area contributed by atoms with E-state index < -0.39 is 0 Å². The van der Waals surface area contributed by atoms with Crippen molar-refractivity contribution >= 4 is 11.6 Å². The molecule has 1 N–H and O–H groups in total. The fourth-order valence-electron chi connectivity index (χ4n) is 2.68. The Labute approximate surface area is 163 Å². The Morgan fingerprint density at radius 1 is 0.750 bits per heavy atom. The molecular weight excluding hydrogens is 358 g/mol. The standard InChI is InChI=1S/C22H21NO5/c1-25-19-13-16(14-20(26-2)21(19)27-3)23-22(24)15-8-7-11-18(12-15)28-17-9-5-4-6-10-17/h4-14H,1-3H3,(H,23,24). The van der Waals surface area contributed by atoms with E-state index in [2.05, 4.69) is 5.32 Å². The van der Waals surface area contributed by atoms with Gasteiger partial charge in [-0.25, -0.2) is 0 Å². The zero-order valence-corrected chi connectivity index (χ0v) is 15.9. The van der Waals surface area contributed by atoms with Crippen molar-refractivity contribution in [2.45, 2.75) is 0 Å². The second-order valence-electron chi connectivity index (χ2n) is 5.81. The molecular formula is C22H21NO5. The second-order valence-corrected chi connectivity index (χ2v) is 5.81. The molecule has 0 aromatic heterocycles. The molecule has 0 heterocycles. The average Bonchev–Trinajstić information content (AvgIpc) is 2.73. The summed E-state index contributed by atoms with van der Waals surface area (Å²) >= 11 is 0. The van der Waals surface area contributed by atoms with Gasteiger partial charge in [-0.3, -0.25) is 4.79 Å². The van der Waals surface area contributed by atoms with Gasteiger partial charge in [-0.2, -0.15) is 0 Å². The van der Waals surface area contributed by atoms with Crippen LogP contribution in [0.2, 0.25) is 0 Å². The van der Waals surface area contributed by atoms with Gasteiger partial charge in [0.15, 0.2) is 11.5 Å². The number of amides is 1. The van der Waals surface area contributed by atoms with Crippen molar-refractivity contribution in [3.05, 3.63) is 72.3 Å². The lowest BCUT2D eigenvalue weighted by Crippen LogP contribution is -2.12. The molecule has 0 spiro atoms. The van der Waals surface area contributed by atoms with Gasteiger partial charge in [0.1, 0.15) is 11.5 Å². The molecule has 3 aromatic rings. The predicted molar refractivity (Wildman–Crippen MR) is 107 cm³/mol. The molecule has 0 radical (unpaired) electrons. The van der Waals surface area contributed by atoms with E-state index in [1.165, 1.54) is 21.3 Å². The van der Waals surface area contributed by atoms with Gasteiger partial charge in [-0.1, -0.05) is 24.3 Å².